The maximum Gasteiger partial charge on any atom is 0.389 e. The molecule has 3 atom stereocenters. The van der Waals surface area contributed by atoms with Gasteiger partial charge in [-0.3, -0.25) is 19.7 Å². The summed E-state index contributed by atoms with van der Waals surface area (Å²) in [5.74, 6) is -5.71. The molecule has 0 aromatic heterocycles. The fourth-order valence-corrected chi connectivity index (χ4v) is 5.20. The molecule has 3 amide bonds. The van der Waals surface area contributed by atoms with Gasteiger partial charge in [0.2, 0.25) is 18.0 Å². The molecule has 8 nitrogen and oxygen atoms in total. The molecule has 1 aliphatic heterocycles. The van der Waals surface area contributed by atoms with Crippen LogP contribution in [0.2, 0.25) is 0 Å². The lowest BCUT2D eigenvalue weighted by atomic mass is 9.83. The van der Waals surface area contributed by atoms with E-state index in [9.17, 15) is 40.7 Å². The number of aliphatic imine (C=N–C) groups is 1. The van der Waals surface area contributed by atoms with E-state index in [1.807, 2.05) is 13.8 Å². The van der Waals surface area contributed by atoms with Crippen molar-refractivity contribution in [3.63, 3.8) is 0 Å². The molecule has 14 heteroatoms. The highest BCUT2D eigenvalue weighted by Crippen LogP contribution is 2.33. The number of fused-ring (bicyclic) bond motifs is 1. The van der Waals surface area contributed by atoms with Gasteiger partial charge in [-0.1, -0.05) is 62.4 Å². The van der Waals surface area contributed by atoms with Gasteiger partial charge >= 0.3 is 12.4 Å². The van der Waals surface area contributed by atoms with Gasteiger partial charge < -0.3 is 15.5 Å². The number of rotatable bonds is 14. The number of para-hydroxylation sites is 1. The molecule has 0 spiro atoms. The number of halogens is 6. The first-order chi connectivity index (χ1) is 21.6. The number of carbonyl (C=O) groups excluding carboxylic acids is 3. The van der Waals surface area contributed by atoms with Crippen molar-refractivity contribution in [3.05, 3.63) is 65.7 Å². The number of carbonyl (C=O) groups is 3. The second-order valence-electron chi connectivity index (χ2n) is 11.6. The number of benzene rings is 2. The zero-order chi connectivity index (χ0) is 34.1. The Balaban J connectivity index is 1.99. The van der Waals surface area contributed by atoms with Crippen LogP contribution in [0.1, 0.15) is 57.1 Å². The summed E-state index contributed by atoms with van der Waals surface area (Å²) in [6.45, 7) is 4.16. The third-order valence-corrected chi connectivity index (χ3v) is 7.48. The van der Waals surface area contributed by atoms with E-state index in [4.69, 9.17) is 0 Å². The van der Waals surface area contributed by atoms with E-state index in [1.165, 1.54) is 11.9 Å². The van der Waals surface area contributed by atoms with Gasteiger partial charge in [-0.15, -0.1) is 0 Å². The zero-order valence-electron chi connectivity index (χ0n) is 25.8. The van der Waals surface area contributed by atoms with E-state index in [0.29, 0.717) is 29.1 Å². The number of hydrogen-bond acceptors (Lipinski definition) is 5. The Morgan fingerprint density at radius 3 is 2.11 bits per heavy atom. The summed E-state index contributed by atoms with van der Waals surface area (Å²) in [4.78, 5) is 46.5. The molecule has 0 saturated heterocycles. The Bertz CT molecular complexity index is 1360. The van der Waals surface area contributed by atoms with Gasteiger partial charge in [0, 0.05) is 42.9 Å². The van der Waals surface area contributed by atoms with Crippen molar-refractivity contribution in [2.75, 3.05) is 25.2 Å². The number of likely N-dealkylation sites (N-methyl/N-ethyl adjacent to an activating group) is 1. The standard InChI is InChI=1S/C32H39F6N5O3/c1-20(2)18-39-19-40-28(44)23(15-17-32(36,37)38)22(13-9-16-31(33,34)35)29(45)42-27-30(46)43(3)25-14-8-7-12-24(25)26(41-27)21-10-5-4-6-11-21/h4-8,10-12,14,20,22-23,27,39H,9,13,15-19H2,1-3H3,(H,40,44)(H,42,45). The Morgan fingerprint density at radius 1 is 0.870 bits per heavy atom. The molecule has 46 heavy (non-hydrogen) atoms. The monoisotopic (exact) mass is 655 g/mol. The number of hydrogen-bond donors (Lipinski definition) is 3. The highest BCUT2D eigenvalue weighted by molar-refractivity contribution is 6.20. The average Bonchev–Trinajstić information content (AvgIpc) is 3.08. The third-order valence-electron chi connectivity index (χ3n) is 7.48. The van der Waals surface area contributed by atoms with Crippen LogP contribution in [0.3, 0.4) is 0 Å². The summed E-state index contributed by atoms with van der Waals surface area (Å²) in [6, 6.07) is 15.6. The van der Waals surface area contributed by atoms with Crippen LogP contribution in [-0.2, 0) is 14.4 Å². The van der Waals surface area contributed by atoms with E-state index in [1.54, 1.807) is 54.6 Å². The minimum Gasteiger partial charge on any atom is -0.343 e. The van der Waals surface area contributed by atoms with Crippen LogP contribution in [0.5, 0.6) is 0 Å². The molecule has 3 N–H and O–H groups in total. The second-order valence-corrected chi connectivity index (χ2v) is 11.6. The Kier molecular flexibility index (Phi) is 12.8. The van der Waals surface area contributed by atoms with Crippen molar-refractivity contribution < 1.29 is 40.7 Å². The maximum atomic E-state index is 13.8. The SMILES string of the molecule is CC(C)CNCNC(=O)C(CCC(F)(F)F)C(CCCC(F)(F)F)C(=O)NC1N=C(c2ccccc2)c2ccccc2N(C)C1=O. The van der Waals surface area contributed by atoms with E-state index in [2.05, 4.69) is 20.9 Å². The summed E-state index contributed by atoms with van der Waals surface area (Å²) in [7, 11) is 1.47. The van der Waals surface area contributed by atoms with Gasteiger partial charge in [-0.2, -0.15) is 26.3 Å². The molecule has 0 aliphatic carbocycles. The lowest BCUT2D eigenvalue weighted by Crippen LogP contribution is -2.51. The van der Waals surface area contributed by atoms with Crippen molar-refractivity contribution in [3.8, 4) is 0 Å². The fraction of sp³-hybridized carbons (Fsp3) is 0.500. The molecule has 0 bridgehead atoms. The first kappa shape index (κ1) is 36.5. The van der Waals surface area contributed by atoms with Gasteiger partial charge in [0.15, 0.2) is 0 Å². The van der Waals surface area contributed by atoms with Crippen molar-refractivity contribution in [1.29, 1.82) is 0 Å². The molecule has 3 rings (SSSR count). The second kappa shape index (κ2) is 16.1. The molecule has 1 aliphatic rings. The van der Waals surface area contributed by atoms with Crippen LogP contribution in [0, 0.1) is 17.8 Å². The van der Waals surface area contributed by atoms with Gasteiger partial charge in [0.05, 0.1) is 18.1 Å². The average molecular weight is 656 g/mol. The fourth-order valence-electron chi connectivity index (χ4n) is 5.20. The predicted octanol–water partition coefficient (Wildman–Crippen LogP) is 5.57. The van der Waals surface area contributed by atoms with E-state index in [0.717, 1.165) is 0 Å². The van der Waals surface area contributed by atoms with Crippen molar-refractivity contribution in [2.24, 2.45) is 22.7 Å². The van der Waals surface area contributed by atoms with Gasteiger partial charge in [-0.25, -0.2) is 4.99 Å². The molecule has 0 saturated carbocycles. The van der Waals surface area contributed by atoms with Crippen LogP contribution < -0.4 is 20.9 Å². The van der Waals surface area contributed by atoms with Gasteiger partial charge in [0.1, 0.15) is 0 Å². The summed E-state index contributed by atoms with van der Waals surface area (Å²) in [5, 5.41) is 7.84. The number of amides is 3. The number of alkyl halides is 6. The first-order valence-electron chi connectivity index (χ1n) is 15.0. The first-order valence-corrected chi connectivity index (χ1v) is 15.0. The smallest absolute Gasteiger partial charge is 0.343 e. The topological polar surface area (TPSA) is 103 Å². The van der Waals surface area contributed by atoms with E-state index < -0.39 is 80.2 Å². The molecule has 252 valence electrons. The minimum absolute atomic E-state index is 0.120. The molecule has 0 radical (unpaired) electrons. The molecule has 2 aromatic rings. The molecule has 3 unspecified atom stereocenters. The maximum absolute atomic E-state index is 13.8. The Morgan fingerprint density at radius 2 is 1.48 bits per heavy atom. The summed E-state index contributed by atoms with van der Waals surface area (Å²) < 4.78 is 79.2. The summed E-state index contributed by atoms with van der Waals surface area (Å²) in [5.41, 5.74) is 2.00. The Labute approximate surface area is 264 Å². The van der Waals surface area contributed by atoms with Crippen LogP contribution in [0.4, 0.5) is 32.0 Å². The molecular weight excluding hydrogens is 616 g/mol. The highest BCUT2D eigenvalue weighted by atomic mass is 19.4. The largest absolute Gasteiger partial charge is 0.389 e. The molecule has 0 fully saturated rings. The van der Waals surface area contributed by atoms with Crippen LogP contribution in [0.25, 0.3) is 0 Å². The number of nitrogens with one attached hydrogen (secondary N) is 3. The van der Waals surface area contributed by atoms with Crippen molar-refractivity contribution >= 4 is 29.1 Å². The van der Waals surface area contributed by atoms with Crippen LogP contribution in [0.15, 0.2) is 59.6 Å². The van der Waals surface area contributed by atoms with Crippen LogP contribution >= 0.6 is 0 Å². The van der Waals surface area contributed by atoms with Crippen LogP contribution in [-0.4, -0.2) is 62.2 Å². The lowest BCUT2D eigenvalue weighted by Gasteiger charge is -2.28. The number of anilines is 1. The zero-order valence-corrected chi connectivity index (χ0v) is 25.8. The molecule has 2 aromatic carbocycles. The minimum atomic E-state index is -4.69. The van der Waals surface area contributed by atoms with Crippen molar-refractivity contribution in [2.45, 2.75) is 64.5 Å². The molecular formula is C32H39F6N5O3. The number of nitrogens with zero attached hydrogens (tertiary/aromatic N) is 2. The summed E-state index contributed by atoms with van der Waals surface area (Å²) >= 11 is 0. The predicted molar refractivity (Wildman–Crippen MR) is 162 cm³/mol. The third kappa shape index (κ3) is 10.8. The summed E-state index contributed by atoms with van der Waals surface area (Å²) in [6.07, 6.45) is -15.6. The van der Waals surface area contributed by atoms with Gasteiger partial charge in [0.25, 0.3) is 5.91 Å². The van der Waals surface area contributed by atoms with Gasteiger partial charge in [-0.05, 0) is 37.8 Å². The normalized spacial score (nSPS) is 16.7. The molecule has 1 heterocycles. The Hall–Kier alpha value is -3.94. The highest BCUT2D eigenvalue weighted by Gasteiger charge is 2.40. The number of benzodiazepines with no additional fused rings is 1. The van der Waals surface area contributed by atoms with Crippen molar-refractivity contribution in [1.82, 2.24) is 16.0 Å². The quantitative estimate of drug-likeness (QED) is 0.141. The van der Waals surface area contributed by atoms with E-state index >= 15 is 0 Å². The van der Waals surface area contributed by atoms with E-state index in [-0.39, 0.29) is 12.6 Å². The lowest BCUT2D eigenvalue weighted by molar-refractivity contribution is -0.148.